The zero-order valence-electron chi connectivity index (χ0n) is 19.5. The van der Waals surface area contributed by atoms with Crippen LogP contribution in [0.1, 0.15) is 48.5 Å². The average molecular weight is 478 g/mol. The molecule has 5 atom stereocenters. The molecule has 2 N–H and O–H groups in total. The van der Waals surface area contributed by atoms with Crippen molar-refractivity contribution in [3.8, 4) is 0 Å². The summed E-state index contributed by atoms with van der Waals surface area (Å²) >= 11 is 6.53. The Morgan fingerprint density at radius 3 is 2.39 bits per heavy atom. The molecule has 0 bridgehead atoms. The fourth-order valence-electron chi connectivity index (χ4n) is 5.06. The molecule has 5 unspecified atom stereocenters. The van der Waals surface area contributed by atoms with Gasteiger partial charge in [-0.25, -0.2) is 4.79 Å². The molecule has 1 fully saturated rings. The number of rotatable bonds is 7. The smallest absolute Gasteiger partial charge is 0.335 e. The summed E-state index contributed by atoms with van der Waals surface area (Å²) in [6.07, 6.45) is 3.48. The molecule has 0 aromatic heterocycles. The van der Waals surface area contributed by atoms with Gasteiger partial charge in [0.05, 0.1) is 31.8 Å². The second-order valence-corrected chi connectivity index (χ2v) is 9.54. The van der Waals surface area contributed by atoms with Gasteiger partial charge in [-0.2, -0.15) is 0 Å². The zero-order valence-corrected chi connectivity index (χ0v) is 20.2. The van der Waals surface area contributed by atoms with Crippen LogP contribution in [0, 0.1) is 17.8 Å². The number of methoxy groups -OCH3 is 2. The number of likely N-dealkylation sites (tertiary alicyclic amines) is 1. The van der Waals surface area contributed by atoms with Crippen molar-refractivity contribution in [1.29, 1.82) is 0 Å². The van der Waals surface area contributed by atoms with Gasteiger partial charge < -0.3 is 24.6 Å². The summed E-state index contributed by atoms with van der Waals surface area (Å²) in [6, 6.07) is 4.47. The summed E-state index contributed by atoms with van der Waals surface area (Å²) in [6.45, 7) is 5.66. The molecule has 1 aromatic rings. The number of aromatic carboxylic acids is 1. The van der Waals surface area contributed by atoms with E-state index in [0.29, 0.717) is 42.0 Å². The van der Waals surface area contributed by atoms with E-state index in [0.717, 1.165) is 6.42 Å². The van der Waals surface area contributed by atoms with Gasteiger partial charge in [-0.05, 0) is 42.0 Å². The molecule has 1 aliphatic carbocycles. The van der Waals surface area contributed by atoms with Crippen molar-refractivity contribution in [3.63, 3.8) is 0 Å². The predicted octanol–water partition coefficient (Wildman–Crippen LogP) is 4.07. The van der Waals surface area contributed by atoms with Crippen molar-refractivity contribution >= 4 is 23.5 Å². The highest BCUT2D eigenvalue weighted by atomic mass is 35.5. The molecule has 33 heavy (non-hydrogen) atoms. The molecule has 3 rings (SSSR count). The van der Waals surface area contributed by atoms with Gasteiger partial charge in [-0.1, -0.05) is 31.5 Å². The van der Waals surface area contributed by atoms with E-state index in [1.165, 1.54) is 26.4 Å². The largest absolute Gasteiger partial charge is 0.501 e. The van der Waals surface area contributed by atoms with E-state index in [1.807, 2.05) is 4.90 Å². The summed E-state index contributed by atoms with van der Waals surface area (Å²) in [4.78, 5) is 26.7. The number of halogens is 1. The molecule has 0 spiro atoms. The number of aliphatic hydroxyl groups excluding tert-OH is 1. The van der Waals surface area contributed by atoms with Crippen LogP contribution in [0.25, 0.3) is 0 Å². The minimum atomic E-state index is -1.09. The quantitative estimate of drug-likeness (QED) is 0.614. The number of ether oxygens (including phenoxy) is 2. The molecule has 0 radical (unpaired) electrons. The van der Waals surface area contributed by atoms with Gasteiger partial charge in [-0.3, -0.25) is 4.79 Å². The van der Waals surface area contributed by atoms with Gasteiger partial charge in [-0.15, -0.1) is 0 Å². The van der Waals surface area contributed by atoms with E-state index in [2.05, 4.69) is 13.8 Å². The van der Waals surface area contributed by atoms with Crippen LogP contribution in [0.5, 0.6) is 0 Å². The van der Waals surface area contributed by atoms with Gasteiger partial charge in [0.25, 0.3) is 0 Å². The molecule has 1 heterocycles. The Hall–Kier alpha value is -2.51. The van der Waals surface area contributed by atoms with E-state index >= 15 is 0 Å². The second kappa shape index (κ2) is 10.6. The number of nitrogens with zero attached hydrogens (tertiary/aromatic N) is 1. The Bertz CT molecular complexity index is 948. The SMILES string of the molecule is COC1=CC(O)C(C(CC(=O)N2CC(C)CC(C)C2)c2ccc(C(=O)O)cc2Cl)C(OC)=C1. The monoisotopic (exact) mass is 477 g/mol. The first-order chi connectivity index (χ1) is 15.6. The van der Waals surface area contributed by atoms with E-state index < -0.39 is 23.9 Å². The first kappa shape index (κ1) is 25.1. The lowest BCUT2D eigenvalue weighted by Gasteiger charge is -2.38. The number of allylic oxidation sites excluding steroid dienone is 1. The maximum absolute atomic E-state index is 13.4. The lowest BCUT2D eigenvalue weighted by atomic mass is 9.76. The van der Waals surface area contributed by atoms with Gasteiger partial charge in [0.15, 0.2) is 0 Å². The molecule has 180 valence electrons. The third kappa shape index (κ3) is 5.71. The predicted molar refractivity (Wildman–Crippen MR) is 125 cm³/mol. The maximum atomic E-state index is 13.4. The van der Waals surface area contributed by atoms with E-state index in [1.54, 1.807) is 18.2 Å². The lowest BCUT2D eigenvalue weighted by molar-refractivity contribution is -0.134. The Labute approximate surface area is 199 Å². The first-order valence-corrected chi connectivity index (χ1v) is 11.5. The molecule has 8 heteroatoms. The van der Waals surface area contributed by atoms with Gasteiger partial charge in [0, 0.05) is 36.5 Å². The van der Waals surface area contributed by atoms with Crippen LogP contribution in [-0.2, 0) is 14.3 Å². The van der Waals surface area contributed by atoms with Crippen LogP contribution in [0.4, 0.5) is 0 Å². The summed E-state index contributed by atoms with van der Waals surface area (Å²) < 4.78 is 10.9. The van der Waals surface area contributed by atoms with E-state index in [-0.39, 0.29) is 22.9 Å². The topological polar surface area (TPSA) is 96.3 Å². The van der Waals surface area contributed by atoms with Crippen LogP contribution in [0.3, 0.4) is 0 Å². The number of carbonyl (C=O) groups excluding carboxylic acids is 1. The lowest BCUT2D eigenvalue weighted by Crippen LogP contribution is -2.44. The molecular formula is C25H32ClNO6. The highest BCUT2D eigenvalue weighted by Gasteiger charge is 2.39. The molecule has 1 aliphatic heterocycles. The number of piperidine rings is 1. The van der Waals surface area contributed by atoms with Gasteiger partial charge in [0.2, 0.25) is 5.91 Å². The van der Waals surface area contributed by atoms with Crippen molar-refractivity contribution in [3.05, 3.63) is 58.0 Å². The van der Waals surface area contributed by atoms with Crippen molar-refractivity contribution in [2.45, 2.75) is 38.7 Å². The van der Waals surface area contributed by atoms with Crippen LogP contribution >= 0.6 is 11.6 Å². The number of hydrogen-bond donors (Lipinski definition) is 2. The number of hydrogen-bond acceptors (Lipinski definition) is 5. The van der Waals surface area contributed by atoms with E-state index in [9.17, 15) is 19.8 Å². The molecule has 2 aliphatic rings. The molecule has 7 nitrogen and oxygen atoms in total. The fourth-order valence-corrected chi connectivity index (χ4v) is 5.38. The number of carboxylic acid groups (broad SMARTS) is 1. The molecular weight excluding hydrogens is 446 g/mol. The zero-order chi connectivity index (χ0) is 24.3. The minimum absolute atomic E-state index is 0.0269. The second-order valence-electron chi connectivity index (χ2n) is 9.14. The summed E-state index contributed by atoms with van der Waals surface area (Å²) in [7, 11) is 3.01. The maximum Gasteiger partial charge on any atom is 0.335 e. The number of benzene rings is 1. The first-order valence-electron chi connectivity index (χ1n) is 11.1. The fraction of sp³-hybridized carbons (Fsp3) is 0.520. The Morgan fingerprint density at radius 1 is 1.18 bits per heavy atom. The molecule has 1 saturated heterocycles. The van der Waals surface area contributed by atoms with Crippen LogP contribution in [-0.4, -0.2) is 60.4 Å². The summed E-state index contributed by atoms with van der Waals surface area (Å²) in [5.41, 5.74) is 0.648. The van der Waals surface area contributed by atoms with Crippen molar-refractivity contribution in [1.82, 2.24) is 4.90 Å². The van der Waals surface area contributed by atoms with Crippen LogP contribution in [0.15, 0.2) is 41.9 Å². The van der Waals surface area contributed by atoms with Crippen LogP contribution < -0.4 is 0 Å². The summed E-state index contributed by atoms with van der Waals surface area (Å²) in [5, 5.41) is 20.6. The van der Waals surface area contributed by atoms with E-state index in [4.69, 9.17) is 21.1 Å². The minimum Gasteiger partial charge on any atom is -0.501 e. The molecule has 1 amide bonds. The van der Waals surface area contributed by atoms with Gasteiger partial charge >= 0.3 is 5.97 Å². The Morgan fingerprint density at radius 2 is 1.85 bits per heavy atom. The standard InChI is InChI=1S/C25H32ClNO6/c1-14-7-15(2)13-27(12-14)23(29)11-19(18-6-5-16(25(30)31)8-20(18)26)24-21(28)9-17(32-3)10-22(24)33-4/h5-6,8-10,14-15,19,21,24,28H,7,11-13H2,1-4H3,(H,30,31). The number of carboxylic acids is 1. The third-order valence-electron chi connectivity index (χ3n) is 6.48. The summed E-state index contributed by atoms with van der Waals surface area (Å²) in [5.74, 6) is -0.476. The molecule has 0 saturated carbocycles. The van der Waals surface area contributed by atoms with Crippen molar-refractivity contribution < 1.29 is 29.3 Å². The average Bonchev–Trinajstić information content (AvgIpc) is 2.76. The third-order valence-corrected chi connectivity index (χ3v) is 6.81. The Balaban J connectivity index is 2.00. The van der Waals surface area contributed by atoms with Crippen molar-refractivity contribution in [2.24, 2.45) is 17.8 Å². The highest BCUT2D eigenvalue weighted by molar-refractivity contribution is 6.31. The molecule has 1 aromatic carbocycles. The normalized spacial score (nSPS) is 26.2. The Kier molecular flexibility index (Phi) is 8.08. The van der Waals surface area contributed by atoms with Crippen LogP contribution in [0.2, 0.25) is 5.02 Å². The highest BCUT2D eigenvalue weighted by Crippen LogP contribution is 2.42. The van der Waals surface area contributed by atoms with Crippen molar-refractivity contribution in [2.75, 3.05) is 27.3 Å². The number of carbonyl (C=O) groups is 2. The number of aliphatic hydroxyl groups is 1. The number of amides is 1. The van der Waals surface area contributed by atoms with Gasteiger partial charge in [0.1, 0.15) is 11.5 Å².